The molecule has 0 aliphatic rings. The van der Waals surface area contributed by atoms with E-state index < -0.39 is 5.97 Å². The number of aliphatic carboxylic acids is 1. The summed E-state index contributed by atoms with van der Waals surface area (Å²) in [5.74, 6) is -0.542. The molecule has 0 bridgehead atoms. The lowest BCUT2D eigenvalue weighted by atomic mass is 10.1. The van der Waals surface area contributed by atoms with Crippen molar-refractivity contribution in [2.45, 2.75) is 33.6 Å². The van der Waals surface area contributed by atoms with Gasteiger partial charge in [0.2, 0.25) is 0 Å². The van der Waals surface area contributed by atoms with Gasteiger partial charge in [-0.2, -0.15) is 0 Å². The third-order valence-corrected chi connectivity index (χ3v) is 2.66. The molecule has 0 aromatic heterocycles. The Morgan fingerprint density at radius 2 is 1.95 bits per heavy atom. The van der Waals surface area contributed by atoms with Crippen molar-refractivity contribution in [2.75, 3.05) is 6.61 Å². The first-order chi connectivity index (χ1) is 9.97. The van der Waals surface area contributed by atoms with Gasteiger partial charge >= 0.3 is 11.9 Å². The molecule has 5 heteroatoms. The topological polar surface area (TPSA) is 72.8 Å². The number of ether oxygens (including phenoxy) is 2. The molecule has 0 unspecified atom stereocenters. The normalized spacial score (nSPS) is 11.1. The molecule has 1 aromatic carbocycles. The summed E-state index contributed by atoms with van der Waals surface area (Å²) in [5.41, 5.74) is 0.895. The maximum atomic E-state index is 11.4. The molecular weight excluding hydrogens is 272 g/mol. The summed E-state index contributed by atoms with van der Waals surface area (Å²) in [6.45, 7) is 5.68. The highest BCUT2D eigenvalue weighted by molar-refractivity contribution is 5.91. The third kappa shape index (κ3) is 5.30. The van der Waals surface area contributed by atoms with Crippen molar-refractivity contribution in [1.82, 2.24) is 0 Å². The van der Waals surface area contributed by atoms with Crippen molar-refractivity contribution in [2.24, 2.45) is 0 Å². The van der Waals surface area contributed by atoms with Crippen LogP contribution in [0.3, 0.4) is 0 Å². The van der Waals surface area contributed by atoms with Gasteiger partial charge < -0.3 is 14.6 Å². The van der Waals surface area contributed by atoms with Crippen LogP contribution in [0, 0.1) is 0 Å². The highest BCUT2D eigenvalue weighted by Gasteiger charge is 2.10. The molecule has 1 rings (SSSR count). The predicted molar refractivity (Wildman–Crippen MR) is 79.4 cm³/mol. The first-order valence-electron chi connectivity index (χ1n) is 6.87. The van der Waals surface area contributed by atoms with E-state index >= 15 is 0 Å². The highest BCUT2D eigenvalue weighted by atomic mass is 16.6. The van der Waals surface area contributed by atoms with E-state index in [1.807, 2.05) is 6.92 Å². The second-order valence-corrected chi connectivity index (χ2v) is 4.51. The van der Waals surface area contributed by atoms with Crippen LogP contribution in [-0.2, 0) is 9.59 Å². The Morgan fingerprint density at radius 1 is 1.24 bits per heavy atom. The van der Waals surface area contributed by atoms with Gasteiger partial charge in [-0.05, 0) is 37.1 Å². The fraction of sp³-hybridized carbons (Fsp3) is 0.375. The summed E-state index contributed by atoms with van der Waals surface area (Å²) in [6.07, 6.45) is 2.62. The number of esters is 1. The van der Waals surface area contributed by atoms with Crippen LogP contribution in [0.4, 0.5) is 0 Å². The Hall–Kier alpha value is -2.30. The van der Waals surface area contributed by atoms with Crippen LogP contribution >= 0.6 is 0 Å². The summed E-state index contributed by atoms with van der Waals surface area (Å²) >= 11 is 0. The van der Waals surface area contributed by atoms with Gasteiger partial charge in [0.25, 0.3) is 0 Å². The number of carboxylic acid groups (broad SMARTS) is 1. The van der Waals surface area contributed by atoms with Crippen molar-refractivity contribution in [3.05, 3.63) is 29.3 Å². The van der Waals surface area contributed by atoms with Crippen molar-refractivity contribution in [1.29, 1.82) is 0 Å². The zero-order valence-electron chi connectivity index (χ0n) is 12.5. The second-order valence-electron chi connectivity index (χ2n) is 4.51. The molecule has 0 atom stereocenters. The molecule has 0 saturated heterocycles. The van der Waals surface area contributed by atoms with Crippen LogP contribution in [0.5, 0.6) is 11.5 Å². The van der Waals surface area contributed by atoms with Crippen LogP contribution in [0.2, 0.25) is 0 Å². The quantitative estimate of drug-likeness (QED) is 0.474. The van der Waals surface area contributed by atoms with Gasteiger partial charge in [-0.1, -0.05) is 19.9 Å². The van der Waals surface area contributed by atoms with Gasteiger partial charge in [0, 0.05) is 12.0 Å². The predicted octanol–water partition coefficient (Wildman–Crippen LogP) is 3.28. The number of hydrogen-bond acceptors (Lipinski definition) is 4. The monoisotopic (exact) mass is 292 g/mol. The number of rotatable bonds is 7. The minimum atomic E-state index is -0.979. The highest BCUT2D eigenvalue weighted by Crippen LogP contribution is 2.30. The molecule has 0 aliphatic carbocycles. The minimum absolute atomic E-state index is 0.217. The fourth-order valence-corrected chi connectivity index (χ4v) is 1.53. The molecule has 0 radical (unpaired) electrons. The van der Waals surface area contributed by atoms with E-state index in [0.717, 1.165) is 6.42 Å². The zero-order valence-corrected chi connectivity index (χ0v) is 12.5. The number of carboxylic acids is 1. The molecule has 0 fully saturated rings. The average Bonchev–Trinajstić information content (AvgIpc) is 2.46. The van der Waals surface area contributed by atoms with E-state index in [1.165, 1.54) is 13.0 Å². The van der Waals surface area contributed by atoms with Gasteiger partial charge in [0.15, 0.2) is 11.5 Å². The molecule has 0 amide bonds. The number of carbonyl (C=O) groups is 2. The summed E-state index contributed by atoms with van der Waals surface area (Å²) < 4.78 is 10.8. The van der Waals surface area contributed by atoms with Crippen LogP contribution < -0.4 is 9.47 Å². The molecule has 1 aromatic rings. The Kier molecular flexibility index (Phi) is 6.46. The second kappa shape index (κ2) is 8.09. The van der Waals surface area contributed by atoms with E-state index in [9.17, 15) is 9.59 Å². The average molecular weight is 292 g/mol. The van der Waals surface area contributed by atoms with Crippen molar-refractivity contribution >= 4 is 18.0 Å². The summed E-state index contributed by atoms with van der Waals surface area (Å²) in [5, 5.41) is 8.89. The third-order valence-electron chi connectivity index (χ3n) is 2.66. The number of carbonyl (C=O) groups excluding carboxylic acids is 1. The van der Waals surface area contributed by atoms with E-state index in [4.69, 9.17) is 14.6 Å². The Balaban J connectivity index is 3.08. The van der Waals surface area contributed by atoms with Crippen molar-refractivity contribution < 1.29 is 24.2 Å². The Labute approximate surface area is 124 Å². The number of benzene rings is 1. The molecule has 0 aliphatic heterocycles. The SMILES string of the molecule is CCCOc1cc(/C=C(\C)C(=O)O)ccc1OC(=O)CC. The van der Waals surface area contributed by atoms with E-state index in [2.05, 4.69) is 0 Å². The largest absolute Gasteiger partial charge is 0.490 e. The first kappa shape index (κ1) is 16.8. The smallest absolute Gasteiger partial charge is 0.331 e. The van der Waals surface area contributed by atoms with Crippen molar-refractivity contribution in [3.8, 4) is 11.5 Å². The van der Waals surface area contributed by atoms with Gasteiger partial charge in [0.05, 0.1) is 6.61 Å². The lowest BCUT2D eigenvalue weighted by molar-refractivity contribution is -0.134. The molecule has 21 heavy (non-hydrogen) atoms. The van der Waals surface area contributed by atoms with Gasteiger partial charge in [-0.15, -0.1) is 0 Å². The lowest BCUT2D eigenvalue weighted by Gasteiger charge is -2.11. The Morgan fingerprint density at radius 3 is 2.52 bits per heavy atom. The van der Waals surface area contributed by atoms with Crippen LogP contribution in [0.1, 0.15) is 39.2 Å². The number of hydrogen-bond donors (Lipinski definition) is 1. The molecular formula is C16H20O5. The minimum Gasteiger partial charge on any atom is -0.490 e. The van der Waals surface area contributed by atoms with E-state index in [-0.39, 0.29) is 18.0 Å². The van der Waals surface area contributed by atoms with Crippen molar-refractivity contribution in [3.63, 3.8) is 0 Å². The van der Waals surface area contributed by atoms with Gasteiger partial charge in [0.1, 0.15) is 0 Å². The van der Waals surface area contributed by atoms with Crippen LogP contribution in [-0.4, -0.2) is 23.7 Å². The van der Waals surface area contributed by atoms with Gasteiger partial charge in [-0.3, -0.25) is 4.79 Å². The standard InChI is InChI=1S/C16H20O5/c1-4-8-20-14-10-12(9-11(3)16(18)19)6-7-13(14)21-15(17)5-2/h6-7,9-10H,4-5,8H2,1-3H3,(H,18,19)/b11-9+. The molecule has 5 nitrogen and oxygen atoms in total. The summed E-state index contributed by atoms with van der Waals surface area (Å²) in [6, 6.07) is 4.96. The molecule has 0 spiro atoms. The maximum Gasteiger partial charge on any atom is 0.331 e. The Bertz CT molecular complexity index is 546. The van der Waals surface area contributed by atoms with Gasteiger partial charge in [-0.25, -0.2) is 4.79 Å². The van der Waals surface area contributed by atoms with Crippen LogP contribution in [0.25, 0.3) is 6.08 Å². The maximum absolute atomic E-state index is 11.4. The molecule has 0 saturated carbocycles. The zero-order chi connectivity index (χ0) is 15.8. The lowest BCUT2D eigenvalue weighted by Crippen LogP contribution is -2.07. The molecule has 1 N–H and O–H groups in total. The molecule has 114 valence electrons. The van der Waals surface area contributed by atoms with Crippen LogP contribution in [0.15, 0.2) is 23.8 Å². The fourth-order valence-electron chi connectivity index (χ4n) is 1.53. The molecule has 0 heterocycles. The van der Waals surface area contributed by atoms with E-state index in [1.54, 1.807) is 25.1 Å². The summed E-state index contributed by atoms with van der Waals surface area (Å²) in [4.78, 5) is 22.2. The summed E-state index contributed by atoms with van der Waals surface area (Å²) in [7, 11) is 0. The van der Waals surface area contributed by atoms with E-state index in [0.29, 0.717) is 23.7 Å². The first-order valence-corrected chi connectivity index (χ1v) is 6.87.